The van der Waals surface area contributed by atoms with Crippen LogP contribution in [0.25, 0.3) is 22.1 Å². The molecule has 30 heavy (non-hydrogen) atoms. The van der Waals surface area contributed by atoms with Gasteiger partial charge >= 0.3 is 0 Å². The number of nitrogens with one attached hydrogen (secondary N) is 2. The number of anilines is 1. The van der Waals surface area contributed by atoms with Crippen molar-refractivity contribution in [1.82, 2.24) is 24.5 Å². The Morgan fingerprint density at radius 3 is 2.80 bits per heavy atom. The van der Waals surface area contributed by atoms with Crippen LogP contribution in [0.15, 0.2) is 43.0 Å². The first-order valence-corrected chi connectivity index (χ1v) is 9.76. The highest BCUT2D eigenvalue weighted by Crippen LogP contribution is 2.32. The van der Waals surface area contributed by atoms with Crippen LogP contribution in [-0.2, 0) is 11.2 Å². The minimum absolute atomic E-state index is 0.392. The first-order chi connectivity index (χ1) is 14.7. The van der Waals surface area contributed by atoms with Crippen molar-refractivity contribution in [2.75, 3.05) is 18.5 Å². The van der Waals surface area contributed by atoms with Gasteiger partial charge in [0.1, 0.15) is 24.6 Å². The van der Waals surface area contributed by atoms with Crippen molar-refractivity contribution in [3.63, 3.8) is 0 Å². The molecule has 0 spiro atoms. The molecule has 5 rings (SSSR count). The van der Waals surface area contributed by atoms with Crippen molar-refractivity contribution in [3.05, 3.63) is 48.7 Å². The number of benzene rings is 1. The molecular formula is C20H22N6O4. The van der Waals surface area contributed by atoms with Gasteiger partial charge < -0.3 is 30.4 Å². The summed E-state index contributed by atoms with van der Waals surface area (Å²) in [5.74, 6) is 0.571. The zero-order chi connectivity index (χ0) is 20.7. The van der Waals surface area contributed by atoms with Gasteiger partial charge in [-0.15, -0.1) is 0 Å². The van der Waals surface area contributed by atoms with Crippen LogP contribution in [0.3, 0.4) is 0 Å². The molecule has 1 aromatic carbocycles. The van der Waals surface area contributed by atoms with Gasteiger partial charge in [0.15, 0.2) is 23.2 Å². The summed E-state index contributed by atoms with van der Waals surface area (Å²) in [6, 6.07) is 10.3. The van der Waals surface area contributed by atoms with Gasteiger partial charge in [0.05, 0.1) is 12.9 Å². The maximum absolute atomic E-state index is 10.3. The van der Waals surface area contributed by atoms with Crippen LogP contribution in [0.4, 0.5) is 5.82 Å². The second-order valence-electron chi connectivity index (χ2n) is 7.33. The predicted octanol–water partition coefficient (Wildman–Crippen LogP) is 0.574. The number of rotatable bonds is 6. The van der Waals surface area contributed by atoms with Crippen LogP contribution in [0, 0.1) is 0 Å². The van der Waals surface area contributed by atoms with Gasteiger partial charge in [0.2, 0.25) is 0 Å². The Bertz CT molecular complexity index is 1140. The number of hydrogen-bond donors (Lipinski definition) is 5. The van der Waals surface area contributed by atoms with E-state index in [9.17, 15) is 15.3 Å². The highest BCUT2D eigenvalue weighted by Gasteiger charge is 2.44. The maximum Gasteiger partial charge on any atom is 0.167 e. The highest BCUT2D eigenvalue weighted by atomic mass is 16.6. The molecule has 0 saturated carbocycles. The second kappa shape index (κ2) is 7.65. The van der Waals surface area contributed by atoms with Gasteiger partial charge in [-0.25, -0.2) is 15.0 Å². The van der Waals surface area contributed by atoms with E-state index in [2.05, 4.69) is 37.4 Å². The number of aliphatic hydroxyl groups excluding tert-OH is 3. The summed E-state index contributed by atoms with van der Waals surface area (Å²) in [5, 5.41) is 34.1. The highest BCUT2D eigenvalue weighted by molar-refractivity contribution is 5.83. The fraction of sp³-hybridized carbons (Fsp3) is 0.350. The summed E-state index contributed by atoms with van der Waals surface area (Å²) in [7, 11) is 0. The average molecular weight is 410 g/mol. The number of aromatic nitrogens is 5. The van der Waals surface area contributed by atoms with E-state index in [1.807, 2.05) is 18.2 Å². The minimum Gasteiger partial charge on any atom is -0.394 e. The molecule has 10 heteroatoms. The number of para-hydroxylation sites is 1. The Labute approximate surface area is 171 Å². The largest absolute Gasteiger partial charge is 0.394 e. The molecule has 0 unspecified atom stereocenters. The maximum atomic E-state index is 10.3. The summed E-state index contributed by atoms with van der Waals surface area (Å²) in [6.07, 6.45) is -0.471. The summed E-state index contributed by atoms with van der Waals surface area (Å²) >= 11 is 0. The monoisotopic (exact) mass is 410 g/mol. The Balaban J connectivity index is 1.33. The Hall–Kier alpha value is -3.05. The molecule has 0 radical (unpaired) electrons. The van der Waals surface area contributed by atoms with E-state index in [-0.39, 0.29) is 0 Å². The van der Waals surface area contributed by atoms with E-state index in [1.54, 1.807) is 4.57 Å². The minimum atomic E-state index is -1.20. The normalized spacial score (nSPS) is 24.1. The van der Waals surface area contributed by atoms with Gasteiger partial charge in [0.25, 0.3) is 0 Å². The quantitative estimate of drug-likeness (QED) is 0.311. The van der Waals surface area contributed by atoms with Crippen LogP contribution in [0.5, 0.6) is 0 Å². The first kappa shape index (κ1) is 18.9. The molecule has 0 aliphatic carbocycles. The second-order valence-corrected chi connectivity index (χ2v) is 7.33. The molecule has 4 heterocycles. The smallest absolute Gasteiger partial charge is 0.167 e. The Morgan fingerprint density at radius 2 is 2.00 bits per heavy atom. The molecule has 4 aromatic rings. The molecule has 0 bridgehead atoms. The summed E-state index contributed by atoms with van der Waals surface area (Å²) in [6.45, 7) is 0.247. The molecule has 1 saturated heterocycles. The standard InChI is InChI=1S/C20H22N6O4/c27-8-14-16(28)17(29)20(30-14)26-10-24-15-18(22-9-23-19(15)26)21-6-5-12-7-11-3-1-2-4-13(11)25-12/h1-4,7,9-10,14,16-17,20,25,27-29H,5-6,8H2,(H,21,22,23)/t14-,16-,17-,20-/m1/s1. The third-order valence-electron chi connectivity index (χ3n) is 5.42. The van der Waals surface area contributed by atoms with E-state index in [1.165, 1.54) is 18.0 Å². The zero-order valence-corrected chi connectivity index (χ0v) is 16.0. The van der Waals surface area contributed by atoms with Crippen LogP contribution >= 0.6 is 0 Å². The lowest BCUT2D eigenvalue weighted by molar-refractivity contribution is -0.0511. The van der Waals surface area contributed by atoms with Gasteiger partial charge in [-0.3, -0.25) is 4.57 Å². The number of nitrogens with zero attached hydrogens (tertiary/aromatic N) is 4. The third kappa shape index (κ3) is 3.19. The average Bonchev–Trinajstić information content (AvgIpc) is 3.44. The number of ether oxygens (including phenoxy) is 1. The van der Waals surface area contributed by atoms with Crippen LogP contribution in [-0.4, -0.2) is 71.3 Å². The molecular weight excluding hydrogens is 388 g/mol. The van der Waals surface area contributed by atoms with Crippen molar-refractivity contribution < 1.29 is 20.1 Å². The van der Waals surface area contributed by atoms with Crippen LogP contribution in [0.1, 0.15) is 11.9 Å². The molecule has 0 amide bonds. The molecule has 4 atom stereocenters. The molecule has 10 nitrogen and oxygen atoms in total. The van der Waals surface area contributed by atoms with Gasteiger partial charge in [0, 0.05) is 24.2 Å². The number of aromatic amines is 1. The predicted molar refractivity (Wildman–Crippen MR) is 109 cm³/mol. The number of fused-ring (bicyclic) bond motifs is 2. The van der Waals surface area contributed by atoms with E-state index in [0.717, 1.165) is 17.6 Å². The lowest BCUT2D eigenvalue weighted by atomic mass is 10.1. The Kier molecular flexibility index (Phi) is 4.83. The zero-order valence-electron chi connectivity index (χ0n) is 16.0. The van der Waals surface area contributed by atoms with E-state index >= 15 is 0 Å². The van der Waals surface area contributed by atoms with Crippen molar-refractivity contribution in [2.45, 2.75) is 31.0 Å². The molecule has 1 aliphatic rings. The number of hydrogen-bond acceptors (Lipinski definition) is 8. The number of aliphatic hydroxyl groups is 3. The van der Waals surface area contributed by atoms with Crippen molar-refractivity contribution in [2.24, 2.45) is 0 Å². The van der Waals surface area contributed by atoms with E-state index in [4.69, 9.17) is 4.74 Å². The van der Waals surface area contributed by atoms with Crippen LogP contribution < -0.4 is 5.32 Å². The summed E-state index contributed by atoms with van der Waals surface area (Å²) in [5.41, 5.74) is 3.22. The van der Waals surface area contributed by atoms with Crippen molar-refractivity contribution in [3.8, 4) is 0 Å². The fourth-order valence-electron chi connectivity index (χ4n) is 3.86. The molecule has 3 aromatic heterocycles. The van der Waals surface area contributed by atoms with Crippen molar-refractivity contribution >= 4 is 27.9 Å². The Morgan fingerprint density at radius 1 is 1.13 bits per heavy atom. The number of imidazole rings is 1. The molecule has 156 valence electrons. The van der Waals surface area contributed by atoms with Gasteiger partial charge in [-0.05, 0) is 17.5 Å². The van der Waals surface area contributed by atoms with E-state index in [0.29, 0.717) is 23.5 Å². The molecule has 1 aliphatic heterocycles. The van der Waals surface area contributed by atoms with Gasteiger partial charge in [-0.1, -0.05) is 18.2 Å². The van der Waals surface area contributed by atoms with Crippen molar-refractivity contribution in [1.29, 1.82) is 0 Å². The summed E-state index contributed by atoms with van der Waals surface area (Å²) < 4.78 is 7.13. The van der Waals surface area contributed by atoms with E-state index < -0.39 is 31.1 Å². The third-order valence-corrected chi connectivity index (χ3v) is 5.42. The SMILES string of the molecule is OC[C@H]1O[C@@H](n2cnc3c(NCCc4cc5ccccc5[nH]4)ncnc32)[C@H](O)[C@@H]1O. The molecule has 1 fully saturated rings. The lowest BCUT2D eigenvalue weighted by Gasteiger charge is -2.16. The fourth-order valence-corrected chi connectivity index (χ4v) is 3.86. The number of H-pyrrole nitrogens is 1. The topological polar surface area (TPSA) is 141 Å². The lowest BCUT2D eigenvalue weighted by Crippen LogP contribution is -2.33. The van der Waals surface area contributed by atoms with Gasteiger partial charge in [-0.2, -0.15) is 0 Å². The summed E-state index contributed by atoms with van der Waals surface area (Å²) in [4.78, 5) is 16.3. The first-order valence-electron chi connectivity index (χ1n) is 9.76. The van der Waals surface area contributed by atoms with Crippen LogP contribution in [0.2, 0.25) is 0 Å². The molecule has 5 N–H and O–H groups in total.